The molecule has 0 bridgehead atoms. The maximum absolute atomic E-state index is 11.6. The molecule has 7 heteroatoms. The summed E-state index contributed by atoms with van der Waals surface area (Å²) in [6, 6.07) is 5.43. The Bertz CT molecular complexity index is 628. The molecule has 0 radical (unpaired) electrons. The fourth-order valence-electron chi connectivity index (χ4n) is 1.70. The highest BCUT2D eigenvalue weighted by atomic mass is 35.5. The van der Waals surface area contributed by atoms with Gasteiger partial charge in [0.15, 0.2) is 0 Å². The summed E-state index contributed by atoms with van der Waals surface area (Å²) in [4.78, 5) is 11.9. The maximum atomic E-state index is 11.6. The van der Waals surface area contributed by atoms with Gasteiger partial charge in [-0.05, 0) is 18.2 Å². The third kappa shape index (κ3) is 3.04. The first-order valence-corrected chi connectivity index (χ1v) is 7.09. The first-order valence-electron chi connectivity index (χ1n) is 5.90. The van der Waals surface area contributed by atoms with Crippen LogP contribution in [0.1, 0.15) is 9.67 Å². The fourth-order valence-corrected chi connectivity index (χ4v) is 3.17. The highest BCUT2D eigenvalue weighted by Gasteiger charge is 2.17. The Morgan fingerprint density at radius 1 is 1.55 bits per heavy atom. The van der Waals surface area contributed by atoms with Crippen LogP contribution >= 0.6 is 22.9 Å². The largest absolute Gasteiger partial charge is 0.465 e. The molecular formula is C13H14ClNO4S. The van der Waals surface area contributed by atoms with Gasteiger partial charge in [-0.3, -0.25) is 0 Å². The van der Waals surface area contributed by atoms with Gasteiger partial charge in [-0.2, -0.15) is 0 Å². The predicted molar refractivity (Wildman–Crippen MR) is 79.8 cm³/mol. The van der Waals surface area contributed by atoms with Crippen molar-refractivity contribution in [3.63, 3.8) is 0 Å². The molecule has 0 aliphatic carbocycles. The van der Waals surface area contributed by atoms with Crippen LogP contribution in [0.2, 0.25) is 5.02 Å². The molecule has 5 nitrogen and oxygen atoms in total. The SMILES string of the molecule is COC(=O)c1sc2cc(NCC(O)CO)ccc2c1Cl. The summed E-state index contributed by atoms with van der Waals surface area (Å²) in [5.41, 5.74) is 0.777. The molecule has 0 saturated carbocycles. The molecule has 2 rings (SSSR count). The molecule has 0 saturated heterocycles. The summed E-state index contributed by atoms with van der Waals surface area (Å²) >= 11 is 7.40. The lowest BCUT2D eigenvalue weighted by Gasteiger charge is -2.10. The van der Waals surface area contributed by atoms with Crippen molar-refractivity contribution in [3.8, 4) is 0 Å². The molecule has 20 heavy (non-hydrogen) atoms. The number of aliphatic hydroxyl groups is 2. The number of methoxy groups -OCH3 is 1. The van der Waals surface area contributed by atoms with Gasteiger partial charge < -0.3 is 20.3 Å². The number of carbonyl (C=O) groups excluding carboxylic acids is 1. The van der Waals surface area contributed by atoms with E-state index < -0.39 is 12.1 Å². The summed E-state index contributed by atoms with van der Waals surface area (Å²) in [6.07, 6.45) is -0.816. The van der Waals surface area contributed by atoms with E-state index in [1.54, 1.807) is 12.1 Å². The average molecular weight is 316 g/mol. The highest BCUT2D eigenvalue weighted by Crippen LogP contribution is 2.37. The molecule has 0 spiro atoms. The van der Waals surface area contributed by atoms with Crippen molar-refractivity contribution in [1.82, 2.24) is 0 Å². The molecule has 3 N–H and O–H groups in total. The topological polar surface area (TPSA) is 78.8 Å². The van der Waals surface area contributed by atoms with Gasteiger partial charge in [-0.25, -0.2) is 4.79 Å². The van der Waals surface area contributed by atoms with E-state index in [2.05, 4.69) is 10.1 Å². The number of nitrogens with one attached hydrogen (secondary N) is 1. The third-order valence-corrected chi connectivity index (χ3v) is 4.39. The third-order valence-electron chi connectivity index (χ3n) is 2.75. The Hall–Kier alpha value is -1.34. The Labute approximate surface area is 124 Å². The van der Waals surface area contributed by atoms with Crippen molar-refractivity contribution in [3.05, 3.63) is 28.1 Å². The van der Waals surface area contributed by atoms with E-state index in [1.165, 1.54) is 18.4 Å². The zero-order valence-corrected chi connectivity index (χ0v) is 12.3. The van der Waals surface area contributed by atoms with Gasteiger partial charge in [-0.1, -0.05) is 11.6 Å². The molecule has 0 aliphatic rings. The van der Waals surface area contributed by atoms with Crippen LogP contribution in [-0.2, 0) is 4.74 Å². The molecule has 1 heterocycles. The first kappa shape index (κ1) is 15.1. The van der Waals surface area contributed by atoms with E-state index in [0.717, 1.165) is 15.8 Å². The van der Waals surface area contributed by atoms with Crippen LogP contribution in [0.5, 0.6) is 0 Å². The number of hydrogen-bond acceptors (Lipinski definition) is 6. The number of hydrogen-bond donors (Lipinski definition) is 3. The van der Waals surface area contributed by atoms with Crippen molar-refractivity contribution >= 4 is 44.7 Å². The van der Waals surface area contributed by atoms with E-state index in [4.69, 9.17) is 16.7 Å². The van der Waals surface area contributed by atoms with E-state index >= 15 is 0 Å². The van der Waals surface area contributed by atoms with Crippen LogP contribution in [0.25, 0.3) is 10.1 Å². The second-order valence-electron chi connectivity index (χ2n) is 4.16. The number of ether oxygens (including phenoxy) is 1. The molecule has 1 unspecified atom stereocenters. The van der Waals surface area contributed by atoms with Gasteiger partial charge >= 0.3 is 5.97 Å². The number of benzene rings is 1. The number of fused-ring (bicyclic) bond motifs is 1. The van der Waals surface area contributed by atoms with Crippen molar-refractivity contribution in [2.45, 2.75) is 6.10 Å². The zero-order chi connectivity index (χ0) is 14.7. The number of anilines is 1. The summed E-state index contributed by atoms with van der Waals surface area (Å²) in [6.45, 7) is -0.0580. The molecule has 0 aliphatic heterocycles. The lowest BCUT2D eigenvalue weighted by Crippen LogP contribution is -2.22. The Kier molecular flexibility index (Phi) is 4.82. The van der Waals surface area contributed by atoms with Gasteiger partial charge in [0, 0.05) is 22.3 Å². The molecule has 108 valence electrons. The number of carbonyl (C=O) groups is 1. The van der Waals surface area contributed by atoms with Gasteiger partial charge in [-0.15, -0.1) is 11.3 Å². The molecule has 2 aromatic rings. The maximum Gasteiger partial charge on any atom is 0.349 e. The number of thiophene rings is 1. The monoisotopic (exact) mass is 315 g/mol. The fraction of sp³-hybridized carbons (Fsp3) is 0.308. The molecule has 1 aromatic carbocycles. The van der Waals surface area contributed by atoms with Gasteiger partial charge in [0.1, 0.15) is 4.88 Å². The lowest BCUT2D eigenvalue weighted by atomic mass is 10.2. The van der Waals surface area contributed by atoms with Crippen LogP contribution in [0.3, 0.4) is 0 Å². The minimum Gasteiger partial charge on any atom is -0.465 e. The van der Waals surface area contributed by atoms with E-state index in [1.807, 2.05) is 6.07 Å². The summed E-state index contributed by atoms with van der Waals surface area (Å²) in [7, 11) is 1.31. The number of halogens is 1. The number of rotatable bonds is 5. The van der Waals surface area contributed by atoms with E-state index in [-0.39, 0.29) is 13.2 Å². The van der Waals surface area contributed by atoms with Crippen LogP contribution in [0.4, 0.5) is 5.69 Å². The summed E-state index contributed by atoms with van der Waals surface area (Å²) in [5.74, 6) is -0.457. The smallest absolute Gasteiger partial charge is 0.349 e. The minimum absolute atomic E-state index is 0.241. The Balaban J connectivity index is 2.28. The molecular weight excluding hydrogens is 302 g/mol. The number of aliphatic hydroxyl groups excluding tert-OH is 2. The summed E-state index contributed by atoms with van der Waals surface area (Å²) < 4.78 is 5.53. The highest BCUT2D eigenvalue weighted by molar-refractivity contribution is 7.21. The van der Waals surface area contributed by atoms with Gasteiger partial charge in [0.25, 0.3) is 0 Å². The molecule has 0 amide bonds. The predicted octanol–water partition coefficient (Wildman–Crippen LogP) is 2.11. The second kappa shape index (κ2) is 6.41. The molecule has 1 atom stereocenters. The van der Waals surface area contributed by atoms with Crippen molar-refractivity contribution < 1.29 is 19.7 Å². The quantitative estimate of drug-likeness (QED) is 0.737. The Morgan fingerprint density at radius 3 is 2.95 bits per heavy atom. The minimum atomic E-state index is -0.816. The van der Waals surface area contributed by atoms with E-state index in [9.17, 15) is 9.90 Å². The van der Waals surface area contributed by atoms with Crippen molar-refractivity contribution in [2.75, 3.05) is 25.6 Å². The van der Waals surface area contributed by atoms with Gasteiger partial charge in [0.2, 0.25) is 0 Å². The van der Waals surface area contributed by atoms with Crippen LogP contribution < -0.4 is 5.32 Å². The molecule has 0 fully saturated rings. The lowest BCUT2D eigenvalue weighted by molar-refractivity contribution is 0.0606. The molecule has 1 aromatic heterocycles. The zero-order valence-electron chi connectivity index (χ0n) is 10.7. The number of esters is 1. The van der Waals surface area contributed by atoms with E-state index in [0.29, 0.717) is 9.90 Å². The second-order valence-corrected chi connectivity index (χ2v) is 5.60. The van der Waals surface area contributed by atoms with Crippen molar-refractivity contribution in [2.24, 2.45) is 0 Å². The average Bonchev–Trinajstić information content (AvgIpc) is 2.80. The standard InChI is InChI=1S/C13H14ClNO4S/c1-19-13(18)12-11(14)9-3-2-7(4-10(9)20-12)15-5-8(17)6-16/h2-4,8,15-17H,5-6H2,1H3. The van der Waals surface area contributed by atoms with Gasteiger partial charge in [0.05, 0.1) is 24.8 Å². The first-order chi connectivity index (χ1) is 9.56. The van der Waals surface area contributed by atoms with Crippen molar-refractivity contribution in [1.29, 1.82) is 0 Å². The van der Waals surface area contributed by atoms with Crippen LogP contribution in [0, 0.1) is 0 Å². The van der Waals surface area contributed by atoms with Crippen LogP contribution in [-0.4, -0.2) is 42.5 Å². The Morgan fingerprint density at radius 2 is 2.30 bits per heavy atom. The normalized spacial score (nSPS) is 12.4. The van der Waals surface area contributed by atoms with Crippen LogP contribution in [0.15, 0.2) is 18.2 Å². The summed E-state index contributed by atoms with van der Waals surface area (Å²) in [5, 5.41) is 22.2.